The first-order valence-electron chi connectivity index (χ1n) is 9.29. The number of rotatable bonds is 4. The molecule has 1 atom stereocenters. The predicted octanol–water partition coefficient (Wildman–Crippen LogP) is 3.17. The van der Waals surface area contributed by atoms with Crippen LogP contribution in [0.4, 0.5) is 5.95 Å². The second-order valence-electron chi connectivity index (χ2n) is 7.51. The van der Waals surface area contributed by atoms with Gasteiger partial charge < -0.3 is 9.47 Å². The predicted molar refractivity (Wildman–Crippen MR) is 109 cm³/mol. The number of H-pyrrole nitrogens is 1. The van der Waals surface area contributed by atoms with Gasteiger partial charge in [-0.2, -0.15) is 10.1 Å². The van der Waals surface area contributed by atoms with Crippen molar-refractivity contribution in [2.24, 2.45) is 0 Å². The van der Waals surface area contributed by atoms with Gasteiger partial charge in [-0.25, -0.2) is 9.97 Å². The second kappa shape index (κ2) is 6.30. The average Bonchev–Trinajstić information content (AvgIpc) is 3.34. The van der Waals surface area contributed by atoms with Gasteiger partial charge in [0.2, 0.25) is 5.95 Å². The molecular weight excluding hydrogens is 350 g/mol. The van der Waals surface area contributed by atoms with Crippen molar-refractivity contribution in [1.82, 2.24) is 29.7 Å². The molecule has 28 heavy (non-hydrogen) atoms. The summed E-state index contributed by atoms with van der Waals surface area (Å²) in [6, 6.07) is 10.3. The summed E-state index contributed by atoms with van der Waals surface area (Å²) in [7, 11) is 2.01. The lowest BCUT2D eigenvalue weighted by Crippen LogP contribution is -2.32. The van der Waals surface area contributed by atoms with E-state index >= 15 is 0 Å². The summed E-state index contributed by atoms with van der Waals surface area (Å²) in [4.78, 5) is 15.9. The van der Waals surface area contributed by atoms with Gasteiger partial charge in [-0.05, 0) is 12.5 Å². The number of benzene rings is 1. The minimum absolute atomic E-state index is 0.266. The van der Waals surface area contributed by atoms with Gasteiger partial charge in [0, 0.05) is 31.3 Å². The highest BCUT2D eigenvalue weighted by Gasteiger charge is 2.30. The fraction of sp³-hybridized carbons (Fsp3) is 0.238. The van der Waals surface area contributed by atoms with Crippen molar-refractivity contribution in [1.29, 1.82) is 0 Å². The molecule has 0 saturated heterocycles. The summed E-state index contributed by atoms with van der Waals surface area (Å²) >= 11 is 0. The highest BCUT2D eigenvalue weighted by molar-refractivity contribution is 5.72. The Labute approximate surface area is 162 Å². The summed E-state index contributed by atoms with van der Waals surface area (Å²) in [5.74, 6) is 0.684. The lowest BCUT2D eigenvalue weighted by Gasteiger charge is -2.30. The van der Waals surface area contributed by atoms with E-state index < -0.39 is 0 Å². The summed E-state index contributed by atoms with van der Waals surface area (Å²) < 4.78 is 2.13. The van der Waals surface area contributed by atoms with E-state index in [1.165, 1.54) is 5.56 Å². The molecule has 1 aliphatic carbocycles. The zero-order chi connectivity index (χ0) is 19.1. The minimum Gasteiger partial charge on any atom is -0.339 e. The van der Waals surface area contributed by atoms with Gasteiger partial charge in [-0.1, -0.05) is 42.5 Å². The molecule has 0 spiro atoms. The van der Waals surface area contributed by atoms with Crippen molar-refractivity contribution in [3.63, 3.8) is 0 Å². The van der Waals surface area contributed by atoms with E-state index in [9.17, 15) is 0 Å². The molecule has 7 nitrogen and oxygen atoms in total. The Kier molecular flexibility index (Phi) is 3.75. The van der Waals surface area contributed by atoms with E-state index in [0.29, 0.717) is 5.95 Å². The zero-order valence-corrected chi connectivity index (χ0v) is 15.9. The monoisotopic (exact) mass is 371 g/mol. The van der Waals surface area contributed by atoms with Crippen LogP contribution >= 0.6 is 0 Å². The third-order valence-corrected chi connectivity index (χ3v) is 5.34. The van der Waals surface area contributed by atoms with E-state index in [0.717, 1.165) is 35.4 Å². The average molecular weight is 371 g/mol. The number of nitrogens with one attached hydrogen (secondary N) is 1. The van der Waals surface area contributed by atoms with Crippen LogP contribution in [-0.2, 0) is 18.5 Å². The van der Waals surface area contributed by atoms with Crippen molar-refractivity contribution >= 4 is 23.2 Å². The van der Waals surface area contributed by atoms with Gasteiger partial charge in [0.05, 0.1) is 24.3 Å². The largest absolute Gasteiger partial charge is 0.339 e. The first-order valence-corrected chi connectivity index (χ1v) is 9.29. The molecule has 3 heterocycles. The third kappa shape index (κ3) is 2.76. The highest BCUT2D eigenvalue weighted by Crippen LogP contribution is 2.32. The Bertz CT molecular complexity index is 1160. The maximum absolute atomic E-state index is 4.85. The molecule has 3 aromatic heterocycles. The lowest BCUT2D eigenvalue weighted by molar-refractivity contribution is 0.409. The number of aromatic amines is 1. The number of hydrogen-bond acceptors (Lipinski definition) is 5. The molecule has 1 aliphatic rings. The van der Waals surface area contributed by atoms with Crippen LogP contribution in [0.1, 0.15) is 23.7 Å². The van der Waals surface area contributed by atoms with Crippen molar-refractivity contribution in [3.05, 3.63) is 71.9 Å². The van der Waals surface area contributed by atoms with Crippen LogP contribution in [0, 0.1) is 0 Å². The van der Waals surface area contributed by atoms with Gasteiger partial charge in [0.1, 0.15) is 5.52 Å². The Morgan fingerprint density at radius 3 is 2.89 bits per heavy atom. The standard InChI is InChI=1S/C21H21N7/c1-21(9-8-16-11-24-26-17(16)10-21)28-14-23-18-12-22-20(25-19(18)28)27(2)13-15-6-4-3-5-7-15/h3-9,11-12,14H,10,13H2,1-2H3,(H,24,26). The van der Waals surface area contributed by atoms with Crippen LogP contribution in [0.5, 0.6) is 0 Å². The van der Waals surface area contributed by atoms with E-state index in [1.54, 1.807) is 6.20 Å². The Hall–Kier alpha value is -3.48. The molecule has 0 aliphatic heterocycles. The lowest BCUT2D eigenvalue weighted by atomic mass is 9.88. The minimum atomic E-state index is -0.266. The van der Waals surface area contributed by atoms with Crippen LogP contribution < -0.4 is 4.90 Å². The first kappa shape index (κ1) is 16.7. The molecule has 1 N–H and O–H groups in total. The maximum atomic E-state index is 4.85. The van der Waals surface area contributed by atoms with E-state index in [4.69, 9.17) is 4.98 Å². The van der Waals surface area contributed by atoms with Crippen LogP contribution in [-0.4, -0.2) is 36.8 Å². The smallest absolute Gasteiger partial charge is 0.227 e. The number of anilines is 1. The van der Waals surface area contributed by atoms with E-state index in [-0.39, 0.29) is 5.54 Å². The number of imidazole rings is 1. The van der Waals surface area contributed by atoms with Crippen molar-refractivity contribution in [3.8, 4) is 0 Å². The molecule has 140 valence electrons. The highest BCUT2D eigenvalue weighted by atomic mass is 15.3. The van der Waals surface area contributed by atoms with E-state index in [1.807, 2.05) is 37.8 Å². The molecule has 1 aromatic carbocycles. The Morgan fingerprint density at radius 1 is 1.18 bits per heavy atom. The molecule has 1 unspecified atom stereocenters. The Balaban J connectivity index is 1.50. The first-order chi connectivity index (χ1) is 13.6. The molecule has 5 rings (SSSR count). The molecule has 0 amide bonds. The summed E-state index contributed by atoms with van der Waals surface area (Å²) in [6.07, 6.45) is 10.6. The number of hydrogen-bond donors (Lipinski definition) is 1. The van der Waals surface area contributed by atoms with Crippen molar-refractivity contribution in [2.75, 3.05) is 11.9 Å². The number of allylic oxidation sites excluding steroid dienone is 1. The molecule has 0 radical (unpaired) electrons. The van der Waals surface area contributed by atoms with Crippen LogP contribution in [0.3, 0.4) is 0 Å². The van der Waals surface area contributed by atoms with Gasteiger partial charge in [-0.3, -0.25) is 5.10 Å². The topological polar surface area (TPSA) is 75.5 Å². The SMILES string of the molecule is CN(Cc1ccccc1)c1ncc2ncn(C3(C)C=Cc4cn[nH]c4C3)c2n1. The second-order valence-corrected chi connectivity index (χ2v) is 7.51. The molecule has 0 bridgehead atoms. The van der Waals surface area contributed by atoms with Crippen LogP contribution in [0.15, 0.2) is 55.1 Å². The molecule has 0 fully saturated rings. The summed E-state index contributed by atoms with van der Waals surface area (Å²) in [5, 5.41) is 7.26. The van der Waals surface area contributed by atoms with Crippen LogP contribution in [0.25, 0.3) is 17.2 Å². The molecular formula is C21H21N7. The maximum Gasteiger partial charge on any atom is 0.227 e. The van der Waals surface area contributed by atoms with Gasteiger partial charge in [0.25, 0.3) is 0 Å². The van der Waals surface area contributed by atoms with Crippen molar-refractivity contribution in [2.45, 2.75) is 25.4 Å². The quantitative estimate of drug-likeness (QED) is 0.596. The number of fused-ring (bicyclic) bond motifs is 2. The fourth-order valence-electron chi connectivity index (χ4n) is 3.75. The molecule has 7 heteroatoms. The summed E-state index contributed by atoms with van der Waals surface area (Å²) in [6.45, 7) is 2.93. The zero-order valence-electron chi connectivity index (χ0n) is 15.9. The van der Waals surface area contributed by atoms with Crippen molar-refractivity contribution < 1.29 is 0 Å². The summed E-state index contributed by atoms with van der Waals surface area (Å²) in [5.41, 5.74) is 4.85. The van der Waals surface area contributed by atoms with E-state index in [2.05, 4.69) is 60.8 Å². The number of aromatic nitrogens is 6. The van der Waals surface area contributed by atoms with Gasteiger partial charge in [0.15, 0.2) is 5.65 Å². The molecule has 4 aromatic rings. The third-order valence-electron chi connectivity index (χ3n) is 5.34. The fourth-order valence-corrected chi connectivity index (χ4v) is 3.75. The Morgan fingerprint density at radius 2 is 2.04 bits per heavy atom. The molecule has 0 saturated carbocycles. The van der Waals surface area contributed by atoms with Gasteiger partial charge >= 0.3 is 0 Å². The normalized spacial score (nSPS) is 18.4. The number of nitrogens with zero attached hydrogens (tertiary/aromatic N) is 6. The van der Waals surface area contributed by atoms with Crippen LogP contribution in [0.2, 0.25) is 0 Å². The van der Waals surface area contributed by atoms with Gasteiger partial charge in [-0.15, -0.1) is 0 Å².